The molecule has 138 valence electrons. The molecule has 1 saturated carbocycles. The second-order valence-electron chi connectivity index (χ2n) is 6.37. The van der Waals surface area contributed by atoms with Crippen molar-refractivity contribution < 1.29 is 13.9 Å². The predicted octanol–water partition coefficient (Wildman–Crippen LogP) is 4.86. The van der Waals surface area contributed by atoms with E-state index in [0.717, 1.165) is 18.6 Å². The zero-order chi connectivity index (χ0) is 18.6. The van der Waals surface area contributed by atoms with Crippen LogP contribution in [0.15, 0.2) is 64.2 Å². The average molecular weight is 381 g/mol. The summed E-state index contributed by atoms with van der Waals surface area (Å²) in [5, 5.41) is 11.0. The third-order valence-electron chi connectivity index (χ3n) is 4.10. The lowest BCUT2D eigenvalue weighted by Crippen LogP contribution is -2.22. The van der Waals surface area contributed by atoms with Crippen LogP contribution in [0.5, 0.6) is 11.5 Å². The SMILES string of the molecule is CC(Sc1nnc(C2CC2)o1)C(=O)Nc1ccc(Oc2ccccc2)cc1. The van der Waals surface area contributed by atoms with Crippen LogP contribution in [0.4, 0.5) is 5.69 Å². The summed E-state index contributed by atoms with van der Waals surface area (Å²) in [5.41, 5.74) is 0.706. The van der Waals surface area contributed by atoms with Crippen molar-refractivity contribution in [3.05, 3.63) is 60.5 Å². The van der Waals surface area contributed by atoms with Crippen molar-refractivity contribution in [2.75, 3.05) is 5.32 Å². The molecule has 4 rings (SSSR count). The molecule has 1 N–H and O–H groups in total. The quantitative estimate of drug-likeness (QED) is 0.589. The van der Waals surface area contributed by atoms with Gasteiger partial charge in [-0.25, -0.2) is 0 Å². The van der Waals surface area contributed by atoms with Crippen LogP contribution in [0.3, 0.4) is 0 Å². The standard InChI is InChI=1S/C20H19N3O3S/c1-13(27-20-23-22-19(26-20)14-7-8-14)18(24)21-15-9-11-17(12-10-15)25-16-5-3-2-4-6-16/h2-6,9-14H,7-8H2,1H3,(H,21,24). The van der Waals surface area contributed by atoms with Crippen molar-refractivity contribution in [1.29, 1.82) is 0 Å². The van der Waals surface area contributed by atoms with Crippen LogP contribution >= 0.6 is 11.8 Å². The number of para-hydroxylation sites is 1. The Balaban J connectivity index is 1.31. The molecular weight excluding hydrogens is 362 g/mol. The van der Waals surface area contributed by atoms with E-state index in [9.17, 15) is 4.79 Å². The van der Waals surface area contributed by atoms with E-state index in [2.05, 4.69) is 15.5 Å². The van der Waals surface area contributed by atoms with E-state index in [0.29, 0.717) is 28.5 Å². The molecule has 27 heavy (non-hydrogen) atoms. The summed E-state index contributed by atoms with van der Waals surface area (Å²) in [7, 11) is 0. The highest BCUT2D eigenvalue weighted by Crippen LogP contribution is 2.40. The summed E-state index contributed by atoms with van der Waals surface area (Å²) >= 11 is 1.26. The summed E-state index contributed by atoms with van der Waals surface area (Å²) in [6.07, 6.45) is 2.21. The first kappa shape index (κ1) is 17.6. The summed E-state index contributed by atoms with van der Waals surface area (Å²) in [4.78, 5) is 12.4. The van der Waals surface area contributed by atoms with Crippen LogP contribution < -0.4 is 10.1 Å². The van der Waals surface area contributed by atoms with E-state index in [1.807, 2.05) is 61.5 Å². The average Bonchev–Trinajstić information content (AvgIpc) is 3.43. The minimum absolute atomic E-state index is 0.122. The number of ether oxygens (including phenoxy) is 1. The molecule has 0 spiro atoms. The molecule has 1 aliphatic carbocycles. The van der Waals surface area contributed by atoms with Gasteiger partial charge in [0.1, 0.15) is 11.5 Å². The van der Waals surface area contributed by atoms with E-state index in [-0.39, 0.29) is 11.2 Å². The van der Waals surface area contributed by atoms with Crippen LogP contribution in [0.25, 0.3) is 0 Å². The van der Waals surface area contributed by atoms with Gasteiger partial charge in [0.2, 0.25) is 11.8 Å². The summed E-state index contributed by atoms with van der Waals surface area (Å²) in [5.74, 6) is 2.44. The molecular formula is C20H19N3O3S. The summed E-state index contributed by atoms with van der Waals surface area (Å²) in [6.45, 7) is 1.81. The van der Waals surface area contributed by atoms with Crippen molar-refractivity contribution in [2.45, 2.75) is 36.2 Å². The van der Waals surface area contributed by atoms with Crippen LogP contribution in [0.1, 0.15) is 31.6 Å². The Hall–Kier alpha value is -2.80. The number of carbonyl (C=O) groups is 1. The normalized spacial score (nSPS) is 14.6. The maximum atomic E-state index is 12.4. The van der Waals surface area contributed by atoms with Gasteiger partial charge in [0, 0.05) is 11.6 Å². The number of aromatic nitrogens is 2. The van der Waals surface area contributed by atoms with Gasteiger partial charge in [-0.2, -0.15) is 0 Å². The lowest BCUT2D eigenvalue weighted by atomic mass is 10.3. The highest BCUT2D eigenvalue weighted by molar-refractivity contribution is 8.00. The minimum Gasteiger partial charge on any atom is -0.457 e. The van der Waals surface area contributed by atoms with Crippen LogP contribution in [-0.2, 0) is 4.79 Å². The number of rotatable bonds is 7. The molecule has 1 aromatic heterocycles. The van der Waals surface area contributed by atoms with Gasteiger partial charge < -0.3 is 14.5 Å². The largest absolute Gasteiger partial charge is 0.457 e. The van der Waals surface area contributed by atoms with Crippen molar-refractivity contribution in [1.82, 2.24) is 10.2 Å². The van der Waals surface area contributed by atoms with E-state index < -0.39 is 0 Å². The molecule has 1 heterocycles. The number of benzene rings is 2. The Morgan fingerprint density at radius 3 is 2.52 bits per heavy atom. The van der Waals surface area contributed by atoms with Gasteiger partial charge in [0.25, 0.3) is 5.22 Å². The predicted molar refractivity (Wildman–Crippen MR) is 103 cm³/mol. The third kappa shape index (κ3) is 4.68. The van der Waals surface area contributed by atoms with Gasteiger partial charge in [-0.3, -0.25) is 4.79 Å². The van der Waals surface area contributed by atoms with Crippen molar-refractivity contribution in [2.24, 2.45) is 0 Å². The minimum atomic E-state index is -0.349. The Morgan fingerprint density at radius 2 is 1.81 bits per heavy atom. The van der Waals surface area contributed by atoms with Crippen LogP contribution in [0.2, 0.25) is 0 Å². The van der Waals surface area contributed by atoms with Gasteiger partial charge in [0.05, 0.1) is 5.25 Å². The van der Waals surface area contributed by atoms with Gasteiger partial charge in [-0.15, -0.1) is 10.2 Å². The van der Waals surface area contributed by atoms with E-state index in [4.69, 9.17) is 9.15 Å². The van der Waals surface area contributed by atoms with Crippen molar-refractivity contribution in [3.8, 4) is 11.5 Å². The molecule has 0 aliphatic heterocycles. The zero-order valence-electron chi connectivity index (χ0n) is 14.8. The number of carbonyl (C=O) groups excluding carboxylic acids is 1. The molecule has 0 bridgehead atoms. The Labute approximate surface area is 161 Å². The Morgan fingerprint density at radius 1 is 1.11 bits per heavy atom. The topological polar surface area (TPSA) is 77.2 Å². The maximum absolute atomic E-state index is 12.4. The molecule has 2 aromatic carbocycles. The number of anilines is 1. The number of nitrogens with one attached hydrogen (secondary N) is 1. The number of hydrogen-bond donors (Lipinski definition) is 1. The molecule has 1 amide bonds. The molecule has 0 radical (unpaired) electrons. The highest BCUT2D eigenvalue weighted by Gasteiger charge is 2.30. The first-order valence-electron chi connectivity index (χ1n) is 8.81. The molecule has 6 nitrogen and oxygen atoms in total. The maximum Gasteiger partial charge on any atom is 0.277 e. The van der Waals surface area contributed by atoms with Crippen molar-refractivity contribution >= 4 is 23.4 Å². The van der Waals surface area contributed by atoms with Gasteiger partial charge in [-0.05, 0) is 56.2 Å². The molecule has 1 atom stereocenters. The molecule has 0 saturated heterocycles. The number of amides is 1. The monoisotopic (exact) mass is 381 g/mol. The first-order chi connectivity index (χ1) is 13.2. The van der Waals surface area contributed by atoms with Gasteiger partial charge >= 0.3 is 0 Å². The molecule has 1 fully saturated rings. The fourth-order valence-electron chi connectivity index (χ4n) is 2.44. The number of thioether (sulfide) groups is 1. The van der Waals surface area contributed by atoms with E-state index in [1.54, 1.807) is 0 Å². The van der Waals surface area contributed by atoms with Crippen molar-refractivity contribution in [3.63, 3.8) is 0 Å². The van der Waals surface area contributed by atoms with E-state index >= 15 is 0 Å². The van der Waals surface area contributed by atoms with Crippen LogP contribution in [0, 0.1) is 0 Å². The molecule has 7 heteroatoms. The summed E-state index contributed by atoms with van der Waals surface area (Å²) in [6, 6.07) is 16.8. The second kappa shape index (κ2) is 7.84. The summed E-state index contributed by atoms with van der Waals surface area (Å²) < 4.78 is 11.3. The lowest BCUT2D eigenvalue weighted by Gasteiger charge is -2.11. The lowest BCUT2D eigenvalue weighted by molar-refractivity contribution is -0.115. The zero-order valence-corrected chi connectivity index (χ0v) is 15.6. The Bertz CT molecular complexity index is 908. The molecule has 3 aromatic rings. The molecule has 1 unspecified atom stereocenters. The first-order valence-corrected chi connectivity index (χ1v) is 9.69. The van der Waals surface area contributed by atoms with E-state index in [1.165, 1.54) is 11.8 Å². The fourth-order valence-corrected chi connectivity index (χ4v) is 3.13. The fraction of sp³-hybridized carbons (Fsp3) is 0.250. The Kier molecular flexibility index (Phi) is 5.11. The second-order valence-corrected chi connectivity index (χ2v) is 7.66. The third-order valence-corrected chi connectivity index (χ3v) is 5.03. The smallest absolute Gasteiger partial charge is 0.277 e. The van der Waals surface area contributed by atoms with Gasteiger partial charge in [-0.1, -0.05) is 30.0 Å². The highest BCUT2D eigenvalue weighted by atomic mass is 32.2. The molecule has 1 aliphatic rings. The van der Waals surface area contributed by atoms with Gasteiger partial charge in [0.15, 0.2) is 0 Å². The number of nitrogens with zero attached hydrogens (tertiary/aromatic N) is 2. The number of hydrogen-bond acceptors (Lipinski definition) is 6. The van der Waals surface area contributed by atoms with Crippen LogP contribution in [-0.4, -0.2) is 21.4 Å².